The van der Waals surface area contributed by atoms with Crippen molar-refractivity contribution >= 4 is 23.8 Å². The molecule has 5 atom stereocenters. The van der Waals surface area contributed by atoms with Crippen LogP contribution in [0.15, 0.2) is 91.0 Å². The number of nitrogens with one attached hydrogen (secondary N) is 2. The SMILES string of the molecule is CN(C(=O)OC(C)(C)C)[C@H](Cc1ccccc1)C(=O)N[C@@H]1C(=O)N2[C@@H](CC[C@@H]1CN)CC[C@H]2C(=O)NC(c1ccccc1)c1ccccc1. The molecule has 0 aromatic heterocycles. The Morgan fingerprint density at radius 3 is 1.98 bits per heavy atom. The number of hydrogen-bond acceptors (Lipinski definition) is 6. The van der Waals surface area contributed by atoms with Crippen LogP contribution in [0.2, 0.25) is 0 Å². The standard InChI is InChI=1S/C39H49N5O5/c1-39(2,3)49-38(48)43(4)32(24-26-14-8-5-9-15-26)36(46)42-34-29(25-40)20-21-30-22-23-31(44(30)37(34)47)35(45)41-33(27-16-10-6-11-17-27)28-18-12-7-13-19-28/h5-19,29-34H,20-25,40H2,1-4H3,(H,41,45)(H,42,46)/t29-,30+,31+,32-,34+/m1/s1. The molecule has 0 bridgehead atoms. The van der Waals surface area contributed by atoms with Crippen LogP contribution in [0.5, 0.6) is 0 Å². The lowest BCUT2D eigenvalue weighted by atomic mass is 9.92. The van der Waals surface area contributed by atoms with Gasteiger partial charge in [-0.3, -0.25) is 19.3 Å². The van der Waals surface area contributed by atoms with Crippen LogP contribution >= 0.6 is 0 Å². The van der Waals surface area contributed by atoms with E-state index in [1.54, 1.807) is 25.7 Å². The smallest absolute Gasteiger partial charge is 0.410 e. The van der Waals surface area contributed by atoms with E-state index in [4.69, 9.17) is 10.5 Å². The summed E-state index contributed by atoms with van der Waals surface area (Å²) in [6, 6.07) is 25.8. The first-order chi connectivity index (χ1) is 23.5. The number of likely N-dealkylation sites (N-methyl/N-ethyl adjacent to an activating group) is 1. The molecule has 2 aliphatic heterocycles. The van der Waals surface area contributed by atoms with Crippen LogP contribution in [0.25, 0.3) is 0 Å². The molecule has 0 saturated carbocycles. The molecule has 10 nitrogen and oxygen atoms in total. The van der Waals surface area contributed by atoms with E-state index in [9.17, 15) is 19.2 Å². The van der Waals surface area contributed by atoms with Gasteiger partial charge >= 0.3 is 6.09 Å². The Balaban J connectivity index is 1.39. The van der Waals surface area contributed by atoms with Crippen molar-refractivity contribution in [2.24, 2.45) is 11.7 Å². The average Bonchev–Trinajstić information content (AvgIpc) is 3.48. The highest BCUT2D eigenvalue weighted by atomic mass is 16.6. The van der Waals surface area contributed by atoms with Crippen LogP contribution < -0.4 is 16.4 Å². The molecule has 2 heterocycles. The quantitative estimate of drug-likeness (QED) is 0.290. The van der Waals surface area contributed by atoms with E-state index < -0.39 is 41.8 Å². The molecule has 260 valence electrons. The molecule has 0 unspecified atom stereocenters. The second kappa shape index (κ2) is 15.7. The minimum absolute atomic E-state index is 0.143. The lowest BCUT2D eigenvalue weighted by molar-refractivity contribution is -0.144. The molecule has 2 aliphatic rings. The van der Waals surface area contributed by atoms with Gasteiger partial charge in [0, 0.05) is 25.4 Å². The maximum absolute atomic E-state index is 14.5. The number of rotatable bonds is 10. The summed E-state index contributed by atoms with van der Waals surface area (Å²) < 4.78 is 5.60. The fourth-order valence-electron chi connectivity index (χ4n) is 6.97. The molecule has 2 saturated heterocycles. The Hall–Kier alpha value is -4.70. The molecule has 3 aromatic carbocycles. The number of nitrogens with zero attached hydrogens (tertiary/aromatic N) is 2. The summed E-state index contributed by atoms with van der Waals surface area (Å²) >= 11 is 0. The number of benzene rings is 3. The zero-order valence-electron chi connectivity index (χ0n) is 28.9. The zero-order chi connectivity index (χ0) is 35.1. The second-order valence-corrected chi connectivity index (χ2v) is 14.1. The lowest BCUT2D eigenvalue weighted by Gasteiger charge is -2.34. The highest BCUT2D eigenvalue weighted by Gasteiger charge is 2.48. The number of ether oxygens (including phenoxy) is 1. The number of fused-ring (bicyclic) bond motifs is 1. The van der Waals surface area contributed by atoms with Crippen LogP contribution in [0.1, 0.15) is 69.2 Å². The molecule has 49 heavy (non-hydrogen) atoms. The summed E-state index contributed by atoms with van der Waals surface area (Å²) in [7, 11) is 1.53. The summed E-state index contributed by atoms with van der Waals surface area (Å²) in [5, 5.41) is 6.24. The van der Waals surface area contributed by atoms with Gasteiger partial charge in [0.15, 0.2) is 0 Å². The summed E-state index contributed by atoms with van der Waals surface area (Å²) in [5.74, 6) is -1.38. The maximum Gasteiger partial charge on any atom is 0.410 e. The van der Waals surface area contributed by atoms with E-state index in [0.29, 0.717) is 25.7 Å². The molecule has 2 fully saturated rings. The molecular weight excluding hydrogens is 618 g/mol. The van der Waals surface area contributed by atoms with E-state index in [2.05, 4.69) is 10.6 Å². The first kappa shape index (κ1) is 35.6. The summed E-state index contributed by atoms with van der Waals surface area (Å²) in [6.07, 6.45) is 2.06. The topological polar surface area (TPSA) is 134 Å². The van der Waals surface area contributed by atoms with Gasteiger partial charge in [-0.2, -0.15) is 0 Å². The third kappa shape index (κ3) is 8.67. The van der Waals surface area contributed by atoms with Crippen molar-refractivity contribution in [3.63, 3.8) is 0 Å². The van der Waals surface area contributed by atoms with Crippen LogP contribution in [0.4, 0.5) is 4.79 Å². The van der Waals surface area contributed by atoms with Crippen molar-refractivity contribution in [3.05, 3.63) is 108 Å². The van der Waals surface area contributed by atoms with Gasteiger partial charge in [0.1, 0.15) is 23.7 Å². The van der Waals surface area contributed by atoms with Crippen LogP contribution in [-0.2, 0) is 25.5 Å². The summed E-state index contributed by atoms with van der Waals surface area (Å²) in [4.78, 5) is 58.9. The summed E-state index contributed by atoms with van der Waals surface area (Å²) in [5.41, 5.74) is 8.19. The Morgan fingerprint density at radius 2 is 1.43 bits per heavy atom. The number of hydrogen-bond donors (Lipinski definition) is 3. The summed E-state index contributed by atoms with van der Waals surface area (Å²) in [6.45, 7) is 5.48. The molecular formula is C39H49N5O5. The Kier molecular flexibility index (Phi) is 11.4. The van der Waals surface area contributed by atoms with Gasteiger partial charge in [-0.1, -0.05) is 91.0 Å². The number of nitrogens with two attached hydrogens (primary N) is 1. The molecule has 0 radical (unpaired) electrons. The third-order valence-corrected chi connectivity index (χ3v) is 9.54. The number of carbonyl (C=O) groups is 4. The maximum atomic E-state index is 14.5. The number of carbonyl (C=O) groups excluding carboxylic acids is 4. The first-order valence-corrected chi connectivity index (χ1v) is 17.2. The number of amides is 4. The van der Waals surface area contributed by atoms with E-state index in [1.807, 2.05) is 91.0 Å². The predicted octanol–water partition coefficient (Wildman–Crippen LogP) is 4.58. The largest absolute Gasteiger partial charge is 0.444 e. The Labute approximate surface area is 289 Å². The van der Waals surface area contributed by atoms with Crippen molar-refractivity contribution in [1.29, 1.82) is 0 Å². The van der Waals surface area contributed by atoms with Gasteiger partial charge in [0.05, 0.1) is 6.04 Å². The lowest BCUT2D eigenvalue weighted by Crippen LogP contribution is -2.60. The normalized spacial score (nSPS) is 21.3. The Morgan fingerprint density at radius 1 is 0.878 bits per heavy atom. The zero-order valence-corrected chi connectivity index (χ0v) is 28.9. The van der Waals surface area contributed by atoms with Gasteiger partial charge < -0.3 is 26.0 Å². The van der Waals surface area contributed by atoms with Crippen LogP contribution in [-0.4, -0.2) is 77.0 Å². The molecule has 5 rings (SSSR count). The van der Waals surface area contributed by atoms with Gasteiger partial charge in [-0.15, -0.1) is 0 Å². The average molecular weight is 668 g/mol. The van der Waals surface area contributed by atoms with Crippen molar-refractivity contribution in [1.82, 2.24) is 20.4 Å². The third-order valence-electron chi connectivity index (χ3n) is 9.54. The molecule has 0 aliphatic carbocycles. The van der Waals surface area contributed by atoms with Crippen molar-refractivity contribution in [2.45, 2.75) is 88.7 Å². The van der Waals surface area contributed by atoms with E-state index in [1.165, 1.54) is 11.9 Å². The van der Waals surface area contributed by atoms with Crippen LogP contribution in [0.3, 0.4) is 0 Å². The van der Waals surface area contributed by atoms with Gasteiger partial charge in [0.2, 0.25) is 17.7 Å². The molecule has 4 N–H and O–H groups in total. The highest BCUT2D eigenvalue weighted by molar-refractivity contribution is 5.95. The fourth-order valence-corrected chi connectivity index (χ4v) is 6.97. The van der Waals surface area contributed by atoms with Crippen molar-refractivity contribution in [2.75, 3.05) is 13.6 Å². The fraction of sp³-hybridized carbons (Fsp3) is 0.436. The van der Waals surface area contributed by atoms with E-state index in [-0.39, 0.29) is 36.7 Å². The second-order valence-electron chi connectivity index (χ2n) is 14.1. The first-order valence-electron chi connectivity index (χ1n) is 17.2. The van der Waals surface area contributed by atoms with Crippen molar-refractivity contribution < 1.29 is 23.9 Å². The monoisotopic (exact) mass is 667 g/mol. The molecule has 4 amide bonds. The Bertz CT molecular complexity index is 1540. The molecule has 3 aromatic rings. The minimum atomic E-state index is -0.960. The highest BCUT2D eigenvalue weighted by Crippen LogP contribution is 2.35. The van der Waals surface area contributed by atoms with E-state index in [0.717, 1.165) is 16.7 Å². The van der Waals surface area contributed by atoms with Crippen LogP contribution in [0, 0.1) is 5.92 Å². The predicted molar refractivity (Wildman–Crippen MR) is 188 cm³/mol. The van der Waals surface area contributed by atoms with Gasteiger partial charge in [-0.25, -0.2) is 4.79 Å². The minimum Gasteiger partial charge on any atom is -0.444 e. The molecule has 0 spiro atoms. The molecule has 10 heteroatoms. The van der Waals surface area contributed by atoms with Gasteiger partial charge in [-0.05, 0) is 69.7 Å². The van der Waals surface area contributed by atoms with E-state index >= 15 is 0 Å². The van der Waals surface area contributed by atoms with Gasteiger partial charge in [0.25, 0.3) is 0 Å². The van der Waals surface area contributed by atoms with Crippen molar-refractivity contribution in [3.8, 4) is 0 Å².